The SMILES string of the molecule is CN(Cc1ccccc1)c1ccc(N=C(c2ccccc2)C2C(=O)Nc3ccc(S(=O)(=O)NCC4CC4)cc32)cc1. The highest BCUT2D eigenvalue weighted by atomic mass is 32.2. The molecule has 7 nitrogen and oxygen atoms in total. The van der Waals surface area contributed by atoms with E-state index < -0.39 is 15.9 Å². The molecule has 0 aromatic heterocycles. The first-order valence-electron chi connectivity index (χ1n) is 13.8. The average molecular weight is 565 g/mol. The zero-order chi connectivity index (χ0) is 28.4. The van der Waals surface area contributed by atoms with Crippen molar-refractivity contribution in [1.29, 1.82) is 0 Å². The second-order valence-electron chi connectivity index (χ2n) is 10.7. The quantitative estimate of drug-likeness (QED) is 0.236. The predicted molar refractivity (Wildman–Crippen MR) is 163 cm³/mol. The van der Waals surface area contributed by atoms with Gasteiger partial charge in [0.05, 0.1) is 16.3 Å². The van der Waals surface area contributed by atoms with Crippen LogP contribution in [0.3, 0.4) is 0 Å². The molecule has 1 amide bonds. The summed E-state index contributed by atoms with van der Waals surface area (Å²) in [5.41, 5.74) is 5.54. The summed E-state index contributed by atoms with van der Waals surface area (Å²) in [4.78, 5) is 20.7. The van der Waals surface area contributed by atoms with Crippen LogP contribution in [0.15, 0.2) is 113 Å². The van der Waals surface area contributed by atoms with Gasteiger partial charge in [-0.15, -0.1) is 0 Å². The van der Waals surface area contributed by atoms with Gasteiger partial charge in [-0.05, 0) is 77.9 Å². The number of carbonyl (C=O) groups is 1. The highest BCUT2D eigenvalue weighted by Gasteiger charge is 2.36. The van der Waals surface area contributed by atoms with Crippen molar-refractivity contribution < 1.29 is 13.2 Å². The number of hydrogen-bond donors (Lipinski definition) is 2. The first kappa shape index (κ1) is 26.9. The molecule has 0 spiro atoms. The minimum atomic E-state index is -3.70. The van der Waals surface area contributed by atoms with E-state index in [1.54, 1.807) is 18.2 Å². The fraction of sp³-hybridized carbons (Fsp3) is 0.212. The van der Waals surface area contributed by atoms with Gasteiger partial charge in [-0.2, -0.15) is 0 Å². The Morgan fingerprint density at radius 2 is 1.61 bits per heavy atom. The van der Waals surface area contributed by atoms with Crippen LogP contribution in [0.1, 0.15) is 35.4 Å². The second-order valence-corrected chi connectivity index (χ2v) is 12.5. The number of nitrogens with zero attached hydrogens (tertiary/aromatic N) is 2. The van der Waals surface area contributed by atoms with Gasteiger partial charge in [0.25, 0.3) is 0 Å². The first-order chi connectivity index (χ1) is 19.9. The molecule has 0 saturated heterocycles. The number of rotatable bonds is 10. The number of nitrogens with one attached hydrogen (secondary N) is 2. The van der Waals surface area contributed by atoms with Crippen molar-refractivity contribution in [3.05, 3.63) is 120 Å². The molecule has 41 heavy (non-hydrogen) atoms. The maximum atomic E-state index is 13.4. The fourth-order valence-electron chi connectivity index (χ4n) is 5.09. The van der Waals surface area contributed by atoms with Crippen LogP contribution >= 0.6 is 0 Å². The van der Waals surface area contributed by atoms with Crippen LogP contribution in [0.25, 0.3) is 0 Å². The second kappa shape index (κ2) is 11.3. The van der Waals surface area contributed by atoms with Gasteiger partial charge in [0, 0.05) is 31.5 Å². The molecule has 1 aliphatic heterocycles. The van der Waals surface area contributed by atoms with Crippen LogP contribution in [-0.2, 0) is 21.4 Å². The summed E-state index contributed by atoms with van der Waals surface area (Å²) in [6.45, 7) is 1.21. The van der Waals surface area contributed by atoms with Crippen molar-refractivity contribution >= 4 is 38.7 Å². The molecule has 8 heteroatoms. The van der Waals surface area contributed by atoms with Crippen molar-refractivity contribution in [1.82, 2.24) is 4.72 Å². The Hall–Kier alpha value is -4.27. The van der Waals surface area contributed by atoms with Crippen LogP contribution in [0.2, 0.25) is 0 Å². The van der Waals surface area contributed by atoms with Gasteiger partial charge in [-0.1, -0.05) is 60.7 Å². The summed E-state index contributed by atoms with van der Waals surface area (Å²) in [5.74, 6) is -0.578. The average Bonchev–Trinajstić information content (AvgIpc) is 3.77. The summed E-state index contributed by atoms with van der Waals surface area (Å²) < 4.78 is 28.8. The van der Waals surface area contributed by atoms with Gasteiger partial charge in [-0.25, -0.2) is 13.1 Å². The summed E-state index contributed by atoms with van der Waals surface area (Å²) in [5, 5.41) is 2.93. The summed E-state index contributed by atoms with van der Waals surface area (Å²) in [7, 11) is -1.65. The molecule has 1 saturated carbocycles. The zero-order valence-corrected chi connectivity index (χ0v) is 23.6. The van der Waals surface area contributed by atoms with E-state index in [9.17, 15) is 13.2 Å². The van der Waals surface area contributed by atoms with E-state index in [1.165, 1.54) is 5.56 Å². The van der Waals surface area contributed by atoms with E-state index in [0.29, 0.717) is 35.1 Å². The fourth-order valence-corrected chi connectivity index (χ4v) is 6.24. The zero-order valence-electron chi connectivity index (χ0n) is 22.8. The summed E-state index contributed by atoms with van der Waals surface area (Å²) in [6, 6.07) is 32.6. The Balaban J connectivity index is 1.33. The number of anilines is 2. The lowest BCUT2D eigenvalue weighted by atomic mass is 9.90. The number of carbonyl (C=O) groups excluding carboxylic acids is 1. The number of amides is 1. The van der Waals surface area contributed by atoms with Gasteiger partial charge in [-0.3, -0.25) is 9.79 Å². The topological polar surface area (TPSA) is 90.9 Å². The molecular formula is C33H32N4O3S. The number of fused-ring (bicyclic) bond motifs is 1. The lowest BCUT2D eigenvalue weighted by molar-refractivity contribution is -0.115. The largest absolute Gasteiger partial charge is 0.370 e. The molecule has 1 unspecified atom stereocenters. The Bertz CT molecular complexity index is 1680. The van der Waals surface area contributed by atoms with E-state index in [0.717, 1.165) is 30.6 Å². The molecule has 1 heterocycles. The molecular weight excluding hydrogens is 532 g/mol. The Morgan fingerprint density at radius 1 is 0.927 bits per heavy atom. The smallest absolute Gasteiger partial charge is 0.240 e. The summed E-state index contributed by atoms with van der Waals surface area (Å²) >= 11 is 0. The van der Waals surface area contributed by atoms with Crippen molar-refractivity contribution in [2.45, 2.75) is 30.2 Å². The first-order valence-corrected chi connectivity index (χ1v) is 15.3. The monoisotopic (exact) mass is 564 g/mol. The van der Waals surface area contributed by atoms with E-state index in [1.807, 2.05) is 79.8 Å². The highest BCUT2D eigenvalue weighted by Crippen LogP contribution is 2.38. The molecule has 1 atom stereocenters. The maximum Gasteiger partial charge on any atom is 0.240 e. The number of sulfonamides is 1. The Kier molecular flexibility index (Phi) is 7.43. The maximum absolute atomic E-state index is 13.4. The van der Waals surface area contributed by atoms with Crippen LogP contribution in [-0.4, -0.2) is 33.6 Å². The third-order valence-corrected chi connectivity index (χ3v) is 8.99. The lowest BCUT2D eigenvalue weighted by Crippen LogP contribution is -2.26. The van der Waals surface area contributed by atoms with Crippen molar-refractivity contribution in [2.24, 2.45) is 10.9 Å². The van der Waals surface area contributed by atoms with Gasteiger partial charge < -0.3 is 10.2 Å². The van der Waals surface area contributed by atoms with Gasteiger partial charge >= 0.3 is 0 Å². The molecule has 1 fully saturated rings. The predicted octanol–water partition coefficient (Wildman–Crippen LogP) is 5.87. The third-order valence-electron chi connectivity index (χ3n) is 7.57. The Morgan fingerprint density at radius 3 is 2.29 bits per heavy atom. The summed E-state index contributed by atoms with van der Waals surface area (Å²) in [6.07, 6.45) is 2.10. The van der Waals surface area contributed by atoms with E-state index in [-0.39, 0.29) is 10.8 Å². The molecule has 2 N–H and O–H groups in total. The highest BCUT2D eigenvalue weighted by molar-refractivity contribution is 7.89. The standard InChI is InChI=1S/C33H32N4O3S/c1-37(22-24-8-4-2-5-9-24)27-16-14-26(15-17-27)35-32(25-10-6-3-7-11-25)31-29-20-28(18-19-30(29)36-33(31)38)41(39,40)34-21-23-12-13-23/h2-11,14-20,23,31,34H,12-13,21-22H2,1H3,(H,36,38). The molecule has 2 aliphatic rings. The third kappa shape index (κ3) is 6.09. The minimum absolute atomic E-state index is 0.150. The van der Waals surface area contributed by atoms with Gasteiger partial charge in [0.1, 0.15) is 5.92 Å². The number of benzene rings is 4. The van der Waals surface area contributed by atoms with E-state index in [4.69, 9.17) is 4.99 Å². The van der Waals surface area contributed by atoms with Crippen LogP contribution < -0.4 is 14.9 Å². The Labute approximate surface area is 241 Å². The van der Waals surface area contributed by atoms with E-state index in [2.05, 4.69) is 27.1 Å². The molecule has 208 valence electrons. The lowest BCUT2D eigenvalue weighted by Gasteiger charge is -2.20. The van der Waals surface area contributed by atoms with E-state index >= 15 is 0 Å². The van der Waals surface area contributed by atoms with Crippen molar-refractivity contribution in [3.63, 3.8) is 0 Å². The van der Waals surface area contributed by atoms with Crippen molar-refractivity contribution in [3.8, 4) is 0 Å². The molecule has 0 bridgehead atoms. The number of hydrogen-bond acceptors (Lipinski definition) is 5. The normalized spacial score (nSPS) is 16.8. The van der Waals surface area contributed by atoms with Gasteiger partial charge in [0.15, 0.2) is 0 Å². The molecule has 4 aromatic rings. The molecule has 0 radical (unpaired) electrons. The van der Waals surface area contributed by atoms with Crippen LogP contribution in [0.4, 0.5) is 17.1 Å². The van der Waals surface area contributed by atoms with Gasteiger partial charge in [0.2, 0.25) is 15.9 Å². The molecule has 1 aliphatic carbocycles. The van der Waals surface area contributed by atoms with Crippen molar-refractivity contribution in [2.75, 3.05) is 23.8 Å². The minimum Gasteiger partial charge on any atom is -0.370 e. The van der Waals surface area contributed by atoms with Crippen LogP contribution in [0, 0.1) is 5.92 Å². The molecule has 4 aromatic carbocycles. The number of aliphatic imine (C=N–C) groups is 1. The molecule has 6 rings (SSSR count). The van der Waals surface area contributed by atoms with Crippen LogP contribution in [0.5, 0.6) is 0 Å².